The Hall–Kier alpha value is -1.15. The predicted molar refractivity (Wildman–Crippen MR) is 121 cm³/mol. The van der Waals surface area contributed by atoms with Crippen LogP contribution in [0.1, 0.15) is 22.3 Å². The molecule has 3 rings (SSSR count). The standard InChI is InChI=1S/C22H22NOP.2ClH.Ti/c1-15-9-8-14-19(21(15)24)25-22-16(2)10-7-13-18(22)20(23-3)17-11-5-4-6-12-17;;;/h4-14,24-25H,1-3H3;2*1H;/q;;;+2/p-2. The van der Waals surface area contributed by atoms with Gasteiger partial charge in [-0.1, -0.05) is 75.3 Å². The summed E-state index contributed by atoms with van der Waals surface area (Å²) in [6.45, 7) is 4.06. The number of halogens is 2. The molecule has 0 aromatic heterocycles. The molecular weight excluding hydrogens is 444 g/mol. The molecule has 3 aromatic rings. The van der Waals surface area contributed by atoms with Gasteiger partial charge in [0.15, 0.2) is 0 Å². The van der Waals surface area contributed by atoms with E-state index in [9.17, 15) is 5.11 Å². The number of benzene rings is 3. The van der Waals surface area contributed by atoms with Crippen molar-refractivity contribution in [3.05, 3.63) is 89.0 Å². The summed E-state index contributed by atoms with van der Waals surface area (Å²) in [5.74, 6) is 0.393. The Morgan fingerprint density at radius 2 is 1.50 bits per heavy atom. The summed E-state index contributed by atoms with van der Waals surface area (Å²) in [6.07, 6.45) is 0. The van der Waals surface area contributed by atoms with Crippen LogP contribution in [-0.2, 0) is 17.0 Å². The molecular formula is C22H22Cl2NOPTi. The first-order valence-corrected chi connectivity index (χ1v) is 14.0. The fourth-order valence-electron chi connectivity index (χ4n) is 2.93. The third kappa shape index (κ3) is 5.93. The number of rotatable bonds is 4. The molecule has 144 valence electrons. The Morgan fingerprint density at radius 1 is 0.893 bits per heavy atom. The van der Waals surface area contributed by atoms with Gasteiger partial charge in [0.25, 0.3) is 0 Å². The molecule has 0 spiro atoms. The monoisotopic (exact) mass is 465 g/mol. The molecule has 0 saturated heterocycles. The fourth-order valence-corrected chi connectivity index (χ4v) is 4.31. The van der Waals surface area contributed by atoms with Crippen molar-refractivity contribution in [3.63, 3.8) is 0 Å². The normalized spacial score (nSPS) is 11.2. The molecule has 0 heterocycles. The SMILES string of the molecule is CN=C(c1ccccc1)c1cccc(C)c1Pc1cccc(C)c1O.[Cl][Ti][Cl]. The Balaban J connectivity index is 0.000000878. The number of phenolic OH excluding ortho intramolecular Hbond substituents is 1. The summed E-state index contributed by atoms with van der Waals surface area (Å²) in [7, 11) is 12.0. The van der Waals surface area contributed by atoms with Gasteiger partial charge in [-0.25, -0.2) is 0 Å². The molecule has 1 unspecified atom stereocenters. The molecule has 0 aliphatic carbocycles. The second kappa shape index (κ2) is 11.8. The van der Waals surface area contributed by atoms with E-state index >= 15 is 0 Å². The molecule has 6 heteroatoms. The molecule has 1 N–H and O–H groups in total. The summed E-state index contributed by atoms with van der Waals surface area (Å²) in [5, 5.41) is 12.6. The molecule has 0 bridgehead atoms. The molecule has 0 saturated carbocycles. The van der Waals surface area contributed by atoms with Gasteiger partial charge in [-0.05, 0) is 30.3 Å². The fraction of sp³-hybridized carbons (Fsp3) is 0.136. The molecule has 28 heavy (non-hydrogen) atoms. The van der Waals surface area contributed by atoms with Crippen molar-refractivity contribution in [1.29, 1.82) is 0 Å². The van der Waals surface area contributed by atoms with E-state index in [1.165, 1.54) is 10.9 Å². The number of aromatic hydroxyl groups is 1. The summed E-state index contributed by atoms with van der Waals surface area (Å²) in [4.78, 5) is 4.57. The first-order valence-electron chi connectivity index (χ1n) is 8.67. The zero-order valence-electron chi connectivity index (χ0n) is 16.0. The van der Waals surface area contributed by atoms with Gasteiger partial charge in [0.2, 0.25) is 0 Å². The molecule has 0 aliphatic heterocycles. The van der Waals surface area contributed by atoms with Crippen LogP contribution in [0, 0.1) is 13.8 Å². The predicted octanol–water partition coefficient (Wildman–Crippen LogP) is 5.48. The second-order valence-electron chi connectivity index (χ2n) is 6.10. The van der Waals surface area contributed by atoms with Crippen molar-refractivity contribution < 1.29 is 22.1 Å². The van der Waals surface area contributed by atoms with Crippen molar-refractivity contribution in [2.24, 2.45) is 4.99 Å². The van der Waals surface area contributed by atoms with Crippen molar-refractivity contribution >= 4 is 43.5 Å². The average molecular weight is 466 g/mol. The zero-order valence-corrected chi connectivity index (χ0v) is 20.1. The van der Waals surface area contributed by atoms with E-state index < -0.39 is 17.0 Å². The van der Waals surface area contributed by atoms with Gasteiger partial charge >= 0.3 is 35.6 Å². The van der Waals surface area contributed by atoms with Crippen LogP contribution in [0.4, 0.5) is 0 Å². The van der Waals surface area contributed by atoms with Crippen LogP contribution in [-0.4, -0.2) is 17.9 Å². The number of phenols is 1. The Bertz CT molecular complexity index is 949. The first-order chi connectivity index (χ1) is 13.5. The number of para-hydroxylation sites is 1. The third-order valence-electron chi connectivity index (χ3n) is 4.30. The topological polar surface area (TPSA) is 32.6 Å². The van der Waals surface area contributed by atoms with Gasteiger partial charge < -0.3 is 5.11 Å². The van der Waals surface area contributed by atoms with Gasteiger partial charge in [0.05, 0.1) is 5.71 Å². The van der Waals surface area contributed by atoms with E-state index in [2.05, 4.69) is 42.2 Å². The Labute approximate surface area is 185 Å². The summed E-state index contributed by atoms with van der Waals surface area (Å²) in [6, 6.07) is 22.5. The van der Waals surface area contributed by atoms with Crippen LogP contribution < -0.4 is 10.6 Å². The number of aryl methyl sites for hydroxylation is 2. The minimum atomic E-state index is -0.556. The van der Waals surface area contributed by atoms with Gasteiger partial charge in [-0.2, -0.15) is 0 Å². The van der Waals surface area contributed by atoms with Gasteiger partial charge in [-0.3, -0.25) is 4.99 Å². The van der Waals surface area contributed by atoms with Crippen molar-refractivity contribution in [2.45, 2.75) is 13.8 Å². The molecule has 0 amide bonds. The maximum absolute atomic E-state index is 10.4. The molecule has 0 radical (unpaired) electrons. The first kappa shape index (κ1) is 23.1. The zero-order chi connectivity index (χ0) is 20.5. The van der Waals surface area contributed by atoms with Crippen LogP contribution in [0.25, 0.3) is 0 Å². The van der Waals surface area contributed by atoms with E-state index in [0.29, 0.717) is 14.3 Å². The molecule has 3 aromatic carbocycles. The van der Waals surface area contributed by atoms with Crippen molar-refractivity contribution in [3.8, 4) is 5.75 Å². The summed E-state index contributed by atoms with van der Waals surface area (Å²) in [5.41, 5.74) is 5.35. The molecule has 1 atom stereocenters. The third-order valence-corrected chi connectivity index (χ3v) is 5.88. The number of hydrogen-bond donors (Lipinski definition) is 1. The summed E-state index contributed by atoms with van der Waals surface area (Å²) < 4.78 is 0. The number of hydrogen-bond acceptors (Lipinski definition) is 2. The summed E-state index contributed by atoms with van der Waals surface area (Å²) >= 11 is -0.556. The van der Waals surface area contributed by atoms with E-state index in [0.717, 1.165) is 27.7 Å². The van der Waals surface area contributed by atoms with E-state index in [4.69, 9.17) is 18.6 Å². The maximum atomic E-state index is 10.4. The van der Waals surface area contributed by atoms with Crippen LogP contribution in [0.15, 0.2) is 71.7 Å². The second-order valence-corrected chi connectivity index (χ2v) is 9.97. The van der Waals surface area contributed by atoms with Gasteiger partial charge in [0, 0.05) is 23.5 Å². The van der Waals surface area contributed by atoms with Crippen LogP contribution >= 0.6 is 27.2 Å². The van der Waals surface area contributed by atoms with Crippen molar-refractivity contribution in [1.82, 2.24) is 0 Å². The van der Waals surface area contributed by atoms with Gasteiger partial charge in [0.1, 0.15) is 5.75 Å². The van der Waals surface area contributed by atoms with Crippen LogP contribution in [0.2, 0.25) is 0 Å². The molecule has 0 fully saturated rings. The molecule has 0 aliphatic rings. The number of nitrogens with zero attached hydrogens (tertiary/aromatic N) is 1. The quantitative estimate of drug-likeness (QED) is 0.308. The van der Waals surface area contributed by atoms with Crippen molar-refractivity contribution in [2.75, 3.05) is 7.05 Å². The molecule has 2 nitrogen and oxygen atoms in total. The van der Waals surface area contributed by atoms with E-state index in [-0.39, 0.29) is 0 Å². The minimum absolute atomic E-state index is 0.380. The van der Waals surface area contributed by atoms with E-state index in [1.807, 2.05) is 50.4 Å². The van der Waals surface area contributed by atoms with Crippen LogP contribution in [0.5, 0.6) is 5.75 Å². The Morgan fingerprint density at radius 3 is 2.14 bits per heavy atom. The average Bonchev–Trinajstić information content (AvgIpc) is 2.70. The number of aliphatic imine (C=N–C) groups is 1. The van der Waals surface area contributed by atoms with Crippen LogP contribution in [0.3, 0.4) is 0 Å². The van der Waals surface area contributed by atoms with Gasteiger partial charge in [-0.15, -0.1) is 0 Å². The van der Waals surface area contributed by atoms with E-state index in [1.54, 1.807) is 0 Å². The Kier molecular flexibility index (Phi) is 9.72.